The maximum atomic E-state index is 4.60. The van der Waals surface area contributed by atoms with E-state index < -0.39 is 0 Å². The molecule has 0 aliphatic heterocycles. The van der Waals surface area contributed by atoms with Gasteiger partial charge in [-0.3, -0.25) is 4.98 Å². The molecule has 0 saturated carbocycles. The van der Waals surface area contributed by atoms with Crippen molar-refractivity contribution in [3.63, 3.8) is 0 Å². The highest BCUT2D eigenvalue weighted by Crippen LogP contribution is 2.18. The van der Waals surface area contributed by atoms with Gasteiger partial charge >= 0.3 is 0 Å². The summed E-state index contributed by atoms with van der Waals surface area (Å²) in [6.45, 7) is 6.47. The molecule has 1 rings (SSSR count). The Morgan fingerprint density at radius 1 is 1.38 bits per heavy atom. The Morgan fingerprint density at radius 2 is 2.08 bits per heavy atom. The summed E-state index contributed by atoms with van der Waals surface area (Å²) in [5.41, 5.74) is 3.48. The number of nitrogens with zero attached hydrogens (tertiary/aromatic N) is 1. The van der Waals surface area contributed by atoms with Gasteiger partial charge < -0.3 is 5.32 Å². The molecule has 0 bridgehead atoms. The molecule has 1 aromatic rings. The maximum absolute atomic E-state index is 4.60. The van der Waals surface area contributed by atoms with Crippen molar-refractivity contribution in [2.75, 3.05) is 12.4 Å². The first kappa shape index (κ1) is 10.0. The van der Waals surface area contributed by atoms with Crippen LogP contribution in [0.15, 0.2) is 12.1 Å². The van der Waals surface area contributed by atoms with Gasteiger partial charge in [0, 0.05) is 12.7 Å². The summed E-state index contributed by atoms with van der Waals surface area (Å²) in [5, 5.41) is 3.15. The summed E-state index contributed by atoms with van der Waals surface area (Å²) in [5.74, 6) is 0.510. The smallest absolute Gasteiger partial charge is 0.0635 e. The van der Waals surface area contributed by atoms with Gasteiger partial charge in [0.1, 0.15) is 0 Å². The molecule has 1 N–H and O–H groups in total. The van der Waals surface area contributed by atoms with Gasteiger partial charge in [-0.1, -0.05) is 20.8 Å². The standard InChI is InChI=1S/C11H18N2/c1-5-9-11(12-4)7-6-10(13-9)8(2)3/h6-8,12H,5H2,1-4H3. The highest BCUT2D eigenvalue weighted by molar-refractivity contribution is 5.48. The molecule has 72 valence electrons. The zero-order valence-corrected chi connectivity index (χ0v) is 8.89. The topological polar surface area (TPSA) is 24.9 Å². The number of hydrogen-bond acceptors (Lipinski definition) is 2. The van der Waals surface area contributed by atoms with Crippen molar-refractivity contribution < 1.29 is 0 Å². The van der Waals surface area contributed by atoms with Crippen LogP contribution in [0.2, 0.25) is 0 Å². The molecule has 0 amide bonds. The van der Waals surface area contributed by atoms with Crippen LogP contribution in [0, 0.1) is 0 Å². The lowest BCUT2D eigenvalue weighted by Crippen LogP contribution is -2.01. The van der Waals surface area contributed by atoms with Gasteiger partial charge in [0.15, 0.2) is 0 Å². The Hall–Kier alpha value is -1.05. The second-order valence-electron chi connectivity index (χ2n) is 3.49. The predicted octanol–water partition coefficient (Wildman–Crippen LogP) is 2.81. The van der Waals surface area contributed by atoms with E-state index in [0.717, 1.165) is 17.8 Å². The number of rotatable bonds is 3. The SMILES string of the molecule is CCc1nc(C(C)C)ccc1NC. The van der Waals surface area contributed by atoms with Crippen molar-refractivity contribution in [3.8, 4) is 0 Å². The number of aryl methyl sites for hydroxylation is 1. The Bertz CT molecular complexity index is 279. The third-order valence-corrected chi connectivity index (χ3v) is 2.19. The molecule has 0 aromatic carbocycles. The molecular weight excluding hydrogens is 160 g/mol. The lowest BCUT2D eigenvalue weighted by Gasteiger charge is -2.10. The minimum Gasteiger partial charge on any atom is -0.387 e. The largest absolute Gasteiger partial charge is 0.387 e. The number of pyridine rings is 1. The van der Waals surface area contributed by atoms with Crippen molar-refractivity contribution in [2.24, 2.45) is 0 Å². The van der Waals surface area contributed by atoms with Gasteiger partial charge in [0.25, 0.3) is 0 Å². The Kier molecular flexibility index (Phi) is 3.29. The average Bonchev–Trinajstić information content (AvgIpc) is 2.16. The molecule has 0 atom stereocenters. The van der Waals surface area contributed by atoms with E-state index in [2.05, 4.69) is 43.2 Å². The zero-order valence-electron chi connectivity index (χ0n) is 8.89. The normalized spacial score (nSPS) is 10.5. The predicted molar refractivity (Wildman–Crippen MR) is 57.3 cm³/mol. The summed E-state index contributed by atoms with van der Waals surface area (Å²) >= 11 is 0. The molecule has 0 fully saturated rings. The van der Waals surface area contributed by atoms with E-state index in [1.165, 1.54) is 5.69 Å². The fourth-order valence-corrected chi connectivity index (χ4v) is 1.34. The van der Waals surface area contributed by atoms with Crippen molar-refractivity contribution in [1.82, 2.24) is 4.98 Å². The van der Waals surface area contributed by atoms with Crippen LogP contribution in [0.4, 0.5) is 5.69 Å². The number of anilines is 1. The summed E-state index contributed by atoms with van der Waals surface area (Å²) in [4.78, 5) is 4.60. The zero-order chi connectivity index (χ0) is 9.84. The van der Waals surface area contributed by atoms with Gasteiger partial charge in [0.05, 0.1) is 11.4 Å². The monoisotopic (exact) mass is 178 g/mol. The molecule has 0 radical (unpaired) electrons. The second-order valence-corrected chi connectivity index (χ2v) is 3.49. The molecule has 0 spiro atoms. The molecule has 1 heterocycles. The summed E-state index contributed by atoms with van der Waals surface area (Å²) in [6, 6.07) is 4.21. The fourth-order valence-electron chi connectivity index (χ4n) is 1.34. The highest BCUT2D eigenvalue weighted by atomic mass is 14.9. The van der Waals surface area contributed by atoms with Gasteiger partial charge in [-0.05, 0) is 24.5 Å². The van der Waals surface area contributed by atoms with Crippen LogP contribution >= 0.6 is 0 Å². The minimum absolute atomic E-state index is 0.510. The van der Waals surface area contributed by atoms with E-state index in [9.17, 15) is 0 Å². The van der Waals surface area contributed by atoms with E-state index in [-0.39, 0.29) is 0 Å². The fraction of sp³-hybridized carbons (Fsp3) is 0.545. The third-order valence-electron chi connectivity index (χ3n) is 2.19. The van der Waals surface area contributed by atoms with Crippen LogP contribution in [0.1, 0.15) is 38.1 Å². The molecular formula is C11H18N2. The molecule has 2 heteroatoms. The molecule has 1 aromatic heterocycles. The Morgan fingerprint density at radius 3 is 2.54 bits per heavy atom. The Labute approximate surface area is 80.4 Å². The first-order valence-corrected chi connectivity index (χ1v) is 4.86. The van der Waals surface area contributed by atoms with Crippen molar-refractivity contribution in [3.05, 3.63) is 23.5 Å². The minimum atomic E-state index is 0.510. The quantitative estimate of drug-likeness (QED) is 0.769. The van der Waals surface area contributed by atoms with Gasteiger partial charge in [-0.2, -0.15) is 0 Å². The van der Waals surface area contributed by atoms with Crippen LogP contribution in [-0.4, -0.2) is 12.0 Å². The van der Waals surface area contributed by atoms with Gasteiger partial charge in [-0.15, -0.1) is 0 Å². The van der Waals surface area contributed by atoms with Crippen molar-refractivity contribution >= 4 is 5.69 Å². The molecule has 0 aliphatic carbocycles. The molecule has 2 nitrogen and oxygen atoms in total. The number of nitrogens with one attached hydrogen (secondary N) is 1. The van der Waals surface area contributed by atoms with Gasteiger partial charge in [-0.25, -0.2) is 0 Å². The van der Waals surface area contributed by atoms with E-state index in [4.69, 9.17) is 0 Å². The molecule has 13 heavy (non-hydrogen) atoms. The third kappa shape index (κ3) is 2.20. The summed E-state index contributed by atoms with van der Waals surface area (Å²) in [6.07, 6.45) is 0.983. The number of hydrogen-bond donors (Lipinski definition) is 1. The Balaban J connectivity index is 3.05. The van der Waals surface area contributed by atoms with E-state index in [1.54, 1.807) is 0 Å². The molecule has 0 unspecified atom stereocenters. The van der Waals surface area contributed by atoms with Crippen molar-refractivity contribution in [1.29, 1.82) is 0 Å². The first-order valence-electron chi connectivity index (χ1n) is 4.86. The second kappa shape index (κ2) is 4.26. The van der Waals surface area contributed by atoms with Crippen LogP contribution in [-0.2, 0) is 6.42 Å². The van der Waals surface area contributed by atoms with Crippen LogP contribution in [0.3, 0.4) is 0 Å². The van der Waals surface area contributed by atoms with Crippen LogP contribution in [0.5, 0.6) is 0 Å². The lowest BCUT2D eigenvalue weighted by atomic mass is 10.1. The average molecular weight is 178 g/mol. The van der Waals surface area contributed by atoms with E-state index >= 15 is 0 Å². The lowest BCUT2D eigenvalue weighted by molar-refractivity contribution is 0.807. The van der Waals surface area contributed by atoms with Crippen molar-refractivity contribution in [2.45, 2.75) is 33.1 Å². The van der Waals surface area contributed by atoms with Crippen LogP contribution in [0.25, 0.3) is 0 Å². The maximum Gasteiger partial charge on any atom is 0.0635 e. The van der Waals surface area contributed by atoms with Crippen LogP contribution < -0.4 is 5.32 Å². The summed E-state index contributed by atoms with van der Waals surface area (Å²) in [7, 11) is 1.94. The molecule has 0 aliphatic rings. The molecule has 0 saturated heterocycles. The summed E-state index contributed by atoms with van der Waals surface area (Å²) < 4.78 is 0. The first-order chi connectivity index (χ1) is 6.19. The van der Waals surface area contributed by atoms with E-state index in [0.29, 0.717) is 5.92 Å². The van der Waals surface area contributed by atoms with E-state index in [1.807, 2.05) is 7.05 Å². The highest BCUT2D eigenvalue weighted by Gasteiger charge is 2.04. The van der Waals surface area contributed by atoms with Gasteiger partial charge in [0.2, 0.25) is 0 Å². The number of aromatic nitrogens is 1.